The van der Waals surface area contributed by atoms with Gasteiger partial charge in [0.15, 0.2) is 0 Å². The number of rotatable bonds is 4. The molecule has 0 fully saturated rings. The zero-order valence-electron chi connectivity index (χ0n) is 9.21. The zero-order valence-corrected chi connectivity index (χ0v) is 9.21. The number of nitrogens with zero attached hydrogens (tertiary/aromatic N) is 2. The molecule has 0 aliphatic rings. The molecule has 3 N–H and O–H groups in total. The minimum absolute atomic E-state index is 0.0191. The number of aliphatic hydroxyl groups is 1. The van der Waals surface area contributed by atoms with Crippen LogP contribution in [-0.4, -0.2) is 15.1 Å². The van der Waals surface area contributed by atoms with Crippen LogP contribution in [0.1, 0.15) is 11.3 Å². The topological polar surface area (TPSA) is 81.3 Å². The van der Waals surface area contributed by atoms with Crippen LogP contribution in [0.2, 0.25) is 0 Å². The Morgan fingerprint density at radius 2 is 1.88 bits per heavy atom. The van der Waals surface area contributed by atoms with Gasteiger partial charge in [-0.15, -0.1) is 0 Å². The summed E-state index contributed by atoms with van der Waals surface area (Å²) < 4.78 is 5.48. The second-order valence-corrected chi connectivity index (χ2v) is 3.45. The fourth-order valence-corrected chi connectivity index (χ4v) is 1.28. The van der Waals surface area contributed by atoms with Gasteiger partial charge in [-0.1, -0.05) is 12.1 Å². The summed E-state index contributed by atoms with van der Waals surface area (Å²) in [7, 11) is 0. The SMILES string of the molecule is NCc1cnc(Oc2ccc(CO)cc2)cn1. The molecule has 5 heteroatoms. The molecule has 0 unspecified atom stereocenters. The highest BCUT2D eigenvalue weighted by Gasteiger charge is 2.00. The maximum atomic E-state index is 8.90. The van der Waals surface area contributed by atoms with Crippen molar-refractivity contribution < 1.29 is 9.84 Å². The summed E-state index contributed by atoms with van der Waals surface area (Å²) in [5.41, 5.74) is 6.97. The van der Waals surface area contributed by atoms with E-state index in [4.69, 9.17) is 15.6 Å². The molecule has 88 valence electrons. The first-order valence-corrected chi connectivity index (χ1v) is 5.20. The maximum Gasteiger partial charge on any atom is 0.237 e. The molecule has 0 amide bonds. The van der Waals surface area contributed by atoms with E-state index in [-0.39, 0.29) is 6.61 Å². The lowest BCUT2D eigenvalue weighted by molar-refractivity contribution is 0.281. The van der Waals surface area contributed by atoms with Gasteiger partial charge in [-0.2, -0.15) is 0 Å². The molecule has 5 nitrogen and oxygen atoms in total. The van der Waals surface area contributed by atoms with E-state index in [9.17, 15) is 0 Å². The lowest BCUT2D eigenvalue weighted by Gasteiger charge is -2.05. The Morgan fingerprint density at radius 3 is 2.41 bits per heavy atom. The van der Waals surface area contributed by atoms with Gasteiger partial charge in [-0.3, -0.25) is 4.98 Å². The van der Waals surface area contributed by atoms with Crippen LogP contribution < -0.4 is 10.5 Å². The van der Waals surface area contributed by atoms with Crippen molar-refractivity contribution in [1.29, 1.82) is 0 Å². The van der Waals surface area contributed by atoms with E-state index < -0.39 is 0 Å². The van der Waals surface area contributed by atoms with Crippen LogP contribution in [0.3, 0.4) is 0 Å². The number of ether oxygens (including phenoxy) is 1. The second kappa shape index (κ2) is 5.38. The zero-order chi connectivity index (χ0) is 12.1. The minimum atomic E-state index is 0.0191. The van der Waals surface area contributed by atoms with Crippen LogP contribution in [0.25, 0.3) is 0 Å². The number of benzene rings is 1. The third-order valence-electron chi connectivity index (χ3n) is 2.22. The molecule has 0 saturated heterocycles. The van der Waals surface area contributed by atoms with Crippen molar-refractivity contribution in [2.45, 2.75) is 13.2 Å². The molecule has 2 rings (SSSR count). The summed E-state index contributed by atoms with van der Waals surface area (Å²) in [5, 5.41) is 8.90. The van der Waals surface area contributed by atoms with E-state index in [0.29, 0.717) is 23.9 Å². The number of hydrogen-bond donors (Lipinski definition) is 2. The standard InChI is InChI=1S/C12H13N3O2/c13-5-10-6-15-12(7-14-10)17-11-3-1-9(8-16)2-4-11/h1-4,6-7,16H,5,8,13H2. The third-order valence-corrected chi connectivity index (χ3v) is 2.22. The summed E-state index contributed by atoms with van der Waals surface area (Å²) in [6, 6.07) is 7.11. The fourth-order valence-electron chi connectivity index (χ4n) is 1.28. The Morgan fingerprint density at radius 1 is 1.12 bits per heavy atom. The number of aliphatic hydroxyl groups excluding tert-OH is 1. The Hall–Kier alpha value is -1.98. The van der Waals surface area contributed by atoms with E-state index in [1.54, 1.807) is 30.5 Å². The number of aromatic nitrogens is 2. The summed E-state index contributed by atoms with van der Waals surface area (Å²) in [4.78, 5) is 8.15. The lowest BCUT2D eigenvalue weighted by atomic mass is 10.2. The molecule has 0 aliphatic heterocycles. The van der Waals surface area contributed by atoms with Crippen LogP contribution in [-0.2, 0) is 13.2 Å². The number of hydrogen-bond acceptors (Lipinski definition) is 5. The molecule has 2 aromatic rings. The molecule has 17 heavy (non-hydrogen) atoms. The van der Waals surface area contributed by atoms with Gasteiger partial charge in [-0.25, -0.2) is 4.98 Å². The maximum absolute atomic E-state index is 8.90. The molecule has 1 aromatic carbocycles. The quantitative estimate of drug-likeness (QED) is 0.826. The summed E-state index contributed by atoms with van der Waals surface area (Å²) in [6.07, 6.45) is 3.11. The van der Waals surface area contributed by atoms with E-state index >= 15 is 0 Å². The van der Waals surface area contributed by atoms with Crippen molar-refractivity contribution in [3.63, 3.8) is 0 Å². The van der Waals surface area contributed by atoms with Crippen LogP contribution >= 0.6 is 0 Å². The van der Waals surface area contributed by atoms with Crippen molar-refractivity contribution in [2.75, 3.05) is 0 Å². The number of nitrogens with two attached hydrogens (primary N) is 1. The average molecular weight is 231 g/mol. The van der Waals surface area contributed by atoms with E-state index in [1.165, 1.54) is 6.20 Å². The van der Waals surface area contributed by atoms with Gasteiger partial charge in [0.25, 0.3) is 0 Å². The van der Waals surface area contributed by atoms with Crippen molar-refractivity contribution in [3.05, 3.63) is 47.9 Å². The van der Waals surface area contributed by atoms with Crippen LogP contribution in [0.15, 0.2) is 36.7 Å². The van der Waals surface area contributed by atoms with E-state index in [1.807, 2.05) is 0 Å². The molecular formula is C12H13N3O2. The van der Waals surface area contributed by atoms with Gasteiger partial charge in [0.2, 0.25) is 5.88 Å². The second-order valence-electron chi connectivity index (χ2n) is 3.45. The Bertz CT molecular complexity index is 423. The first kappa shape index (κ1) is 11.5. The predicted molar refractivity (Wildman–Crippen MR) is 62.4 cm³/mol. The van der Waals surface area contributed by atoms with Crippen LogP contribution in [0, 0.1) is 0 Å². The molecule has 1 heterocycles. The summed E-state index contributed by atoms with van der Waals surface area (Å²) in [6.45, 7) is 0.379. The van der Waals surface area contributed by atoms with Crippen molar-refractivity contribution in [2.24, 2.45) is 5.73 Å². The summed E-state index contributed by atoms with van der Waals surface area (Å²) in [5.74, 6) is 1.07. The van der Waals surface area contributed by atoms with Gasteiger partial charge in [0, 0.05) is 6.54 Å². The van der Waals surface area contributed by atoms with Crippen LogP contribution in [0.4, 0.5) is 0 Å². The molecular weight excluding hydrogens is 218 g/mol. The Balaban J connectivity index is 2.08. The lowest BCUT2D eigenvalue weighted by Crippen LogP contribution is -2.00. The van der Waals surface area contributed by atoms with Crippen molar-refractivity contribution >= 4 is 0 Å². The van der Waals surface area contributed by atoms with E-state index in [0.717, 1.165) is 5.56 Å². The van der Waals surface area contributed by atoms with Gasteiger partial charge < -0.3 is 15.6 Å². The predicted octanol–water partition coefficient (Wildman–Crippen LogP) is 1.22. The normalized spacial score (nSPS) is 10.2. The highest BCUT2D eigenvalue weighted by molar-refractivity contribution is 5.29. The smallest absolute Gasteiger partial charge is 0.237 e. The Labute approximate surface area is 98.9 Å². The first-order chi connectivity index (χ1) is 8.31. The largest absolute Gasteiger partial charge is 0.438 e. The molecule has 0 aliphatic carbocycles. The molecule has 1 aromatic heterocycles. The van der Waals surface area contributed by atoms with Crippen molar-refractivity contribution in [3.8, 4) is 11.6 Å². The van der Waals surface area contributed by atoms with Gasteiger partial charge in [0.05, 0.1) is 24.7 Å². The molecule has 0 atom stereocenters. The monoisotopic (exact) mass is 231 g/mol. The Kier molecular flexibility index (Phi) is 3.64. The molecule has 0 bridgehead atoms. The molecule has 0 spiro atoms. The van der Waals surface area contributed by atoms with Crippen LogP contribution in [0.5, 0.6) is 11.6 Å². The molecule has 0 radical (unpaired) electrons. The highest BCUT2D eigenvalue weighted by Crippen LogP contribution is 2.18. The first-order valence-electron chi connectivity index (χ1n) is 5.20. The molecule has 0 saturated carbocycles. The van der Waals surface area contributed by atoms with Gasteiger partial charge in [0.1, 0.15) is 5.75 Å². The minimum Gasteiger partial charge on any atom is -0.438 e. The average Bonchev–Trinajstić information content (AvgIpc) is 2.40. The fraction of sp³-hybridized carbons (Fsp3) is 0.167. The summed E-state index contributed by atoms with van der Waals surface area (Å²) >= 11 is 0. The highest BCUT2D eigenvalue weighted by atomic mass is 16.5. The van der Waals surface area contributed by atoms with Gasteiger partial charge >= 0.3 is 0 Å². The third kappa shape index (κ3) is 2.99. The van der Waals surface area contributed by atoms with Gasteiger partial charge in [-0.05, 0) is 17.7 Å². The van der Waals surface area contributed by atoms with Crippen molar-refractivity contribution in [1.82, 2.24) is 9.97 Å². The van der Waals surface area contributed by atoms with E-state index in [2.05, 4.69) is 9.97 Å².